The van der Waals surface area contributed by atoms with Crippen LogP contribution in [0, 0.1) is 0 Å². The Morgan fingerprint density at radius 1 is 1.12 bits per heavy atom. The molecule has 0 rings (SSSR count). The second kappa shape index (κ2) is 7.50. The normalized spacial score (nSPS) is 12.2. The molecule has 0 radical (unpaired) electrons. The van der Waals surface area contributed by atoms with E-state index < -0.39 is 17.7 Å². The van der Waals surface area contributed by atoms with Crippen LogP contribution in [0.15, 0.2) is 23.5 Å². The first-order valence-corrected chi connectivity index (χ1v) is 4.94. The zero-order chi connectivity index (χ0) is 12.6. The van der Waals surface area contributed by atoms with Crippen LogP contribution in [0.1, 0.15) is 20.8 Å². The van der Waals surface area contributed by atoms with Crippen LogP contribution in [-0.2, 0) is 19.1 Å². The third-order valence-corrected chi connectivity index (χ3v) is 1.60. The van der Waals surface area contributed by atoms with Gasteiger partial charge in [0.05, 0.1) is 13.2 Å². The lowest BCUT2D eigenvalue weighted by Crippen LogP contribution is -2.08. The molecule has 1 N–H and O–H groups in total. The Bertz CT molecular complexity index is 314. The SMILES string of the molecule is CCOC(=O)/C=C/C(C)=C(\O)C(=O)OCC. The average molecular weight is 228 g/mol. The van der Waals surface area contributed by atoms with E-state index in [2.05, 4.69) is 9.47 Å². The van der Waals surface area contributed by atoms with Gasteiger partial charge in [-0.15, -0.1) is 0 Å². The molecular formula is C11H16O5. The molecule has 0 aliphatic rings. The highest BCUT2D eigenvalue weighted by Crippen LogP contribution is 2.04. The summed E-state index contributed by atoms with van der Waals surface area (Å²) in [6.45, 7) is 5.26. The van der Waals surface area contributed by atoms with Crippen molar-refractivity contribution in [2.24, 2.45) is 0 Å². The number of hydrogen-bond donors (Lipinski definition) is 1. The molecule has 0 atom stereocenters. The Labute approximate surface area is 94.4 Å². The van der Waals surface area contributed by atoms with Crippen molar-refractivity contribution in [1.29, 1.82) is 0 Å². The second-order valence-electron chi connectivity index (χ2n) is 2.84. The van der Waals surface area contributed by atoms with E-state index in [0.717, 1.165) is 6.08 Å². The van der Waals surface area contributed by atoms with Crippen LogP contribution in [0.5, 0.6) is 0 Å². The van der Waals surface area contributed by atoms with E-state index in [4.69, 9.17) is 0 Å². The Hall–Kier alpha value is -1.78. The summed E-state index contributed by atoms with van der Waals surface area (Å²) in [6, 6.07) is 0. The van der Waals surface area contributed by atoms with Crippen LogP contribution >= 0.6 is 0 Å². The third-order valence-electron chi connectivity index (χ3n) is 1.60. The van der Waals surface area contributed by atoms with Crippen LogP contribution < -0.4 is 0 Å². The molecule has 90 valence electrons. The minimum absolute atomic E-state index is 0.178. The van der Waals surface area contributed by atoms with Gasteiger partial charge in [0.1, 0.15) is 0 Å². The van der Waals surface area contributed by atoms with Crippen LogP contribution in [0.4, 0.5) is 0 Å². The molecule has 0 saturated carbocycles. The number of aliphatic hydroxyl groups excluding tert-OH is 1. The zero-order valence-electron chi connectivity index (χ0n) is 9.65. The van der Waals surface area contributed by atoms with Gasteiger partial charge in [0.15, 0.2) is 0 Å². The molecule has 16 heavy (non-hydrogen) atoms. The molecule has 0 unspecified atom stereocenters. The van der Waals surface area contributed by atoms with Gasteiger partial charge in [0.2, 0.25) is 5.76 Å². The molecular weight excluding hydrogens is 212 g/mol. The van der Waals surface area contributed by atoms with E-state index in [1.54, 1.807) is 13.8 Å². The highest BCUT2D eigenvalue weighted by molar-refractivity contribution is 5.88. The van der Waals surface area contributed by atoms with E-state index in [0.29, 0.717) is 0 Å². The second-order valence-corrected chi connectivity index (χ2v) is 2.84. The van der Waals surface area contributed by atoms with Gasteiger partial charge in [0, 0.05) is 6.08 Å². The number of carbonyl (C=O) groups excluding carboxylic acids is 2. The topological polar surface area (TPSA) is 72.8 Å². The first kappa shape index (κ1) is 14.2. The van der Waals surface area contributed by atoms with Gasteiger partial charge < -0.3 is 14.6 Å². The van der Waals surface area contributed by atoms with Crippen LogP contribution in [0.2, 0.25) is 0 Å². The summed E-state index contributed by atoms with van der Waals surface area (Å²) in [5.74, 6) is -1.85. The van der Waals surface area contributed by atoms with Crippen LogP contribution in [0.3, 0.4) is 0 Å². The van der Waals surface area contributed by atoms with Gasteiger partial charge >= 0.3 is 11.9 Å². The Kier molecular flexibility index (Phi) is 6.67. The van der Waals surface area contributed by atoms with Crippen molar-refractivity contribution in [3.05, 3.63) is 23.5 Å². The maximum atomic E-state index is 11.1. The standard InChI is InChI=1S/C11H16O5/c1-4-15-9(12)7-6-8(3)10(13)11(14)16-5-2/h6-7,13H,4-5H2,1-3H3/b7-6+,10-8-. The van der Waals surface area contributed by atoms with Crippen molar-refractivity contribution in [2.75, 3.05) is 13.2 Å². The lowest BCUT2D eigenvalue weighted by atomic mass is 10.2. The molecule has 0 bridgehead atoms. The van der Waals surface area contributed by atoms with E-state index in [1.165, 1.54) is 13.0 Å². The van der Waals surface area contributed by atoms with Gasteiger partial charge in [0.25, 0.3) is 0 Å². The summed E-state index contributed by atoms with van der Waals surface area (Å²) in [5, 5.41) is 9.36. The number of allylic oxidation sites excluding steroid dienone is 2. The molecule has 5 nitrogen and oxygen atoms in total. The lowest BCUT2D eigenvalue weighted by Gasteiger charge is -2.02. The van der Waals surface area contributed by atoms with Crippen molar-refractivity contribution in [2.45, 2.75) is 20.8 Å². The predicted octanol–water partition coefficient (Wildman–Crippen LogP) is 1.50. The van der Waals surface area contributed by atoms with Crippen LogP contribution in [0.25, 0.3) is 0 Å². The largest absolute Gasteiger partial charge is 0.502 e. The molecule has 0 fully saturated rings. The first-order chi connectivity index (χ1) is 7.52. The molecule has 0 aliphatic heterocycles. The monoisotopic (exact) mass is 228 g/mol. The Balaban J connectivity index is 4.52. The average Bonchev–Trinajstić information content (AvgIpc) is 2.25. The summed E-state index contributed by atoms with van der Waals surface area (Å²) in [5.41, 5.74) is 0.242. The molecule has 5 heteroatoms. The fourth-order valence-corrected chi connectivity index (χ4v) is 0.823. The highest BCUT2D eigenvalue weighted by Gasteiger charge is 2.10. The Morgan fingerprint density at radius 2 is 1.69 bits per heavy atom. The van der Waals surface area contributed by atoms with Crippen molar-refractivity contribution in [3.63, 3.8) is 0 Å². The van der Waals surface area contributed by atoms with Gasteiger partial charge in [-0.2, -0.15) is 0 Å². The molecule has 0 heterocycles. The molecule has 0 spiro atoms. The van der Waals surface area contributed by atoms with Crippen molar-refractivity contribution in [1.82, 2.24) is 0 Å². The summed E-state index contributed by atoms with van der Waals surface area (Å²) < 4.78 is 9.22. The van der Waals surface area contributed by atoms with Gasteiger partial charge in [-0.1, -0.05) is 0 Å². The van der Waals surface area contributed by atoms with Gasteiger partial charge in [-0.3, -0.25) is 0 Å². The summed E-state index contributed by atoms with van der Waals surface area (Å²) >= 11 is 0. The minimum atomic E-state index is -0.812. The fraction of sp³-hybridized carbons (Fsp3) is 0.455. The number of carbonyl (C=O) groups is 2. The summed E-state index contributed by atoms with van der Waals surface area (Å²) in [6.07, 6.45) is 2.43. The summed E-state index contributed by atoms with van der Waals surface area (Å²) in [4.78, 5) is 22.0. The fourth-order valence-electron chi connectivity index (χ4n) is 0.823. The zero-order valence-corrected chi connectivity index (χ0v) is 9.65. The molecule has 0 aromatic heterocycles. The molecule has 0 aromatic carbocycles. The smallest absolute Gasteiger partial charge is 0.373 e. The Morgan fingerprint density at radius 3 is 2.19 bits per heavy atom. The van der Waals surface area contributed by atoms with Gasteiger partial charge in [-0.25, -0.2) is 9.59 Å². The van der Waals surface area contributed by atoms with Crippen molar-refractivity contribution < 1.29 is 24.2 Å². The van der Waals surface area contributed by atoms with Crippen molar-refractivity contribution >= 4 is 11.9 Å². The predicted molar refractivity (Wildman–Crippen MR) is 57.7 cm³/mol. The maximum absolute atomic E-state index is 11.1. The van der Waals surface area contributed by atoms with Gasteiger partial charge in [-0.05, 0) is 32.4 Å². The number of esters is 2. The first-order valence-electron chi connectivity index (χ1n) is 4.94. The van der Waals surface area contributed by atoms with Crippen molar-refractivity contribution in [3.8, 4) is 0 Å². The number of hydrogen-bond acceptors (Lipinski definition) is 5. The third kappa shape index (κ3) is 5.19. The summed E-state index contributed by atoms with van der Waals surface area (Å²) in [7, 11) is 0. The quantitative estimate of drug-likeness (QED) is 0.334. The molecule has 0 saturated heterocycles. The maximum Gasteiger partial charge on any atom is 0.373 e. The van der Waals surface area contributed by atoms with E-state index >= 15 is 0 Å². The minimum Gasteiger partial charge on any atom is -0.502 e. The van der Waals surface area contributed by atoms with E-state index in [1.807, 2.05) is 0 Å². The lowest BCUT2D eigenvalue weighted by molar-refractivity contribution is -0.141. The number of aliphatic hydroxyl groups is 1. The molecule has 0 aromatic rings. The molecule has 0 aliphatic carbocycles. The molecule has 0 amide bonds. The van der Waals surface area contributed by atoms with E-state index in [9.17, 15) is 14.7 Å². The van der Waals surface area contributed by atoms with Crippen LogP contribution in [-0.4, -0.2) is 30.3 Å². The number of ether oxygens (including phenoxy) is 2. The number of rotatable bonds is 5. The van der Waals surface area contributed by atoms with E-state index in [-0.39, 0.29) is 18.8 Å². The highest BCUT2D eigenvalue weighted by atomic mass is 16.5.